The largest absolute Gasteiger partial charge is 0.277 e. The average Bonchev–Trinajstić information content (AvgIpc) is 3.62. The molecule has 0 amide bonds. The molecule has 0 unspecified atom stereocenters. The zero-order chi connectivity index (χ0) is 27.6. The van der Waals surface area contributed by atoms with Crippen molar-refractivity contribution in [2.24, 2.45) is 0 Å². The average molecular weight is 554 g/mol. The van der Waals surface area contributed by atoms with Crippen LogP contribution in [-0.4, -0.2) is 14.5 Å². The molecule has 0 spiro atoms. The van der Waals surface area contributed by atoms with Gasteiger partial charge >= 0.3 is 0 Å². The van der Waals surface area contributed by atoms with Gasteiger partial charge in [0, 0.05) is 47.5 Å². The summed E-state index contributed by atoms with van der Waals surface area (Å²) in [6.07, 6.45) is 0. The van der Waals surface area contributed by atoms with E-state index in [0.29, 0.717) is 5.95 Å². The van der Waals surface area contributed by atoms with Crippen LogP contribution in [0.25, 0.3) is 81.2 Å². The molecule has 0 bridgehead atoms. The lowest BCUT2D eigenvalue weighted by molar-refractivity contribution is 0.998. The second-order valence-electron chi connectivity index (χ2n) is 10.6. The highest BCUT2D eigenvalue weighted by molar-refractivity contribution is 7.27. The Morgan fingerprint density at radius 1 is 0.476 bits per heavy atom. The summed E-state index contributed by atoms with van der Waals surface area (Å²) in [6, 6.07) is 49.1. The zero-order valence-electron chi connectivity index (χ0n) is 22.5. The van der Waals surface area contributed by atoms with E-state index in [-0.39, 0.29) is 0 Å². The van der Waals surface area contributed by atoms with Crippen molar-refractivity contribution in [2.45, 2.75) is 0 Å². The maximum absolute atomic E-state index is 5.26. The molecule has 0 aliphatic heterocycles. The van der Waals surface area contributed by atoms with Crippen molar-refractivity contribution < 1.29 is 0 Å². The topological polar surface area (TPSA) is 30.7 Å². The normalized spacial score (nSPS) is 11.8. The Kier molecular flexibility index (Phi) is 5.07. The SMILES string of the molecule is c1ccc(-c2cc(-c3ccccc3)nc(-n3c4ccccc4c4c5sc6ccccc6c5c5ccccc5c43)n2)cc1. The van der Waals surface area contributed by atoms with Crippen molar-refractivity contribution in [3.05, 3.63) is 140 Å². The smallest absolute Gasteiger partial charge is 0.235 e. The van der Waals surface area contributed by atoms with Gasteiger partial charge < -0.3 is 0 Å². The Bertz CT molecular complexity index is 2400. The van der Waals surface area contributed by atoms with Gasteiger partial charge in [-0.2, -0.15) is 0 Å². The lowest BCUT2D eigenvalue weighted by atomic mass is 10.00. The van der Waals surface area contributed by atoms with Crippen LogP contribution >= 0.6 is 11.3 Å². The van der Waals surface area contributed by atoms with E-state index < -0.39 is 0 Å². The first-order valence-corrected chi connectivity index (χ1v) is 14.9. The molecule has 3 nitrogen and oxygen atoms in total. The monoisotopic (exact) mass is 553 g/mol. The van der Waals surface area contributed by atoms with Crippen LogP contribution < -0.4 is 0 Å². The molecule has 3 aromatic heterocycles. The van der Waals surface area contributed by atoms with Crippen molar-refractivity contribution in [2.75, 3.05) is 0 Å². The Labute approximate surface area is 246 Å². The number of para-hydroxylation sites is 1. The van der Waals surface area contributed by atoms with Crippen LogP contribution in [0.1, 0.15) is 0 Å². The molecule has 3 heterocycles. The predicted octanol–water partition coefficient (Wildman–Crippen LogP) is 10.4. The third kappa shape index (κ3) is 3.39. The summed E-state index contributed by atoms with van der Waals surface area (Å²) in [5.74, 6) is 0.673. The van der Waals surface area contributed by atoms with Crippen LogP contribution in [0.15, 0.2) is 140 Å². The fraction of sp³-hybridized carbons (Fsp3) is 0. The van der Waals surface area contributed by atoms with E-state index in [1.54, 1.807) is 0 Å². The van der Waals surface area contributed by atoms with Crippen molar-refractivity contribution >= 4 is 64.1 Å². The highest BCUT2D eigenvalue weighted by Crippen LogP contribution is 2.47. The molecule has 9 rings (SSSR count). The molecule has 0 saturated heterocycles. The lowest BCUT2D eigenvalue weighted by Gasteiger charge is -2.13. The maximum Gasteiger partial charge on any atom is 0.235 e. The van der Waals surface area contributed by atoms with Gasteiger partial charge in [0.15, 0.2) is 0 Å². The number of thiophene rings is 1. The van der Waals surface area contributed by atoms with Crippen LogP contribution in [0, 0.1) is 0 Å². The van der Waals surface area contributed by atoms with Crippen LogP contribution in [0.3, 0.4) is 0 Å². The van der Waals surface area contributed by atoms with E-state index in [4.69, 9.17) is 9.97 Å². The van der Waals surface area contributed by atoms with Gasteiger partial charge in [-0.15, -0.1) is 11.3 Å². The quantitative estimate of drug-likeness (QED) is 0.218. The molecule has 196 valence electrons. The molecule has 0 radical (unpaired) electrons. The van der Waals surface area contributed by atoms with Crippen molar-refractivity contribution in [3.8, 4) is 28.5 Å². The number of nitrogens with zero attached hydrogens (tertiary/aromatic N) is 3. The summed E-state index contributed by atoms with van der Waals surface area (Å²) in [6.45, 7) is 0. The highest BCUT2D eigenvalue weighted by Gasteiger charge is 2.23. The van der Waals surface area contributed by atoms with Crippen LogP contribution in [0.4, 0.5) is 0 Å². The van der Waals surface area contributed by atoms with Gasteiger partial charge in [0.1, 0.15) is 0 Å². The van der Waals surface area contributed by atoms with Gasteiger partial charge in [0.05, 0.1) is 22.4 Å². The number of rotatable bonds is 3. The Morgan fingerprint density at radius 2 is 1.02 bits per heavy atom. The Hall–Kier alpha value is -5.32. The first kappa shape index (κ1) is 23.4. The number of benzene rings is 6. The molecule has 9 aromatic rings. The molecule has 0 N–H and O–H groups in total. The summed E-state index contributed by atoms with van der Waals surface area (Å²) in [5.41, 5.74) is 6.18. The van der Waals surface area contributed by atoms with E-state index in [1.165, 1.54) is 41.7 Å². The minimum Gasteiger partial charge on any atom is -0.277 e. The maximum atomic E-state index is 5.26. The molecule has 0 fully saturated rings. The first-order chi connectivity index (χ1) is 20.8. The number of hydrogen-bond acceptors (Lipinski definition) is 3. The van der Waals surface area contributed by atoms with E-state index in [2.05, 4.69) is 132 Å². The molecule has 0 aliphatic carbocycles. The highest BCUT2D eigenvalue weighted by atomic mass is 32.1. The standard InChI is InChI=1S/C38H23N3S/c1-3-13-24(14-4-1)30-23-31(25-15-5-2-6-16-25)40-38(39-30)41-32-21-11-9-19-28(32)35-36(41)27-18-8-7-17-26(27)34-29-20-10-12-22-33(29)42-37(34)35/h1-23H. The van der Waals surface area contributed by atoms with Gasteiger partial charge in [-0.3, -0.25) is 4.57 Å². The third-order valence-corrected chi connectivity index (χ3v) is 9.39. The van der Waals surface area contributed by atoms with Crippen LogP contribution in [0.2, 0.25) is 0 Å². The van der Waals surface area contributed by atoms with Crippen LogP contribution in [-0.2, 0) is 0 Å². The second kappa shape index (κ2) is 9.10. The van der Waals surface area contributed by atoms with E-state index in [0.717, 1.165) is 33.5 Å². The van der Waals surface area contributed by atoms with E-state index >= 15 is 0 Å². The molecule has 4 heteroatoms. The molecule has 0 atom stereocenters. The second-order valence-corrected chi connectivity index (χ2v) is 11.6. The van der Waals surface area contributed by atoms with Crippen molar-refractivity contribution in [1.82, 2.24) is 14.5 Å². The number of aromatic nitrogens is 3. The van der Waals surface area contributed by atoms with Gasteiger partial charge in [-0.1, -0.05) is 121 Å². The van der Waals surface area contributed by atoms with Gasteiger partial charge in [0.2, 0.25) is 5.95 Å². The summed E-state index contributed by atoms with van der Waals surface area (Å²) in [5, 5.41) is 7.56. The van der Waals surface area contributed by atoms with Gasteiger partial charge in [-0.25, -0.2) is 9.97 Å². The van der Waals surface area contributed by atoms with E-state index in [1.807, 2.05) is 23.5 Å². The Morgan fingerprint density at radius 3 is 1.71 bits per heavy atom. The van der Waals surface area contributed by atoms with Crippen LogP contribution in [0.5, 0.6) is 0 Å². The molecule has 6 aromatic carbocycles. The summed E-state index contributed by atoms with van der Waals surface area (Å²) in [7, 11) is 0. The predicted molar refractivity (Wildman–Crippen MR) is 178 cm³/mol. The minimum absolute atomic E-state index is 0.673. The molecule has 0 saturated carbocycles. The zero-order valence-corrected chi connectivity index (χ0v) is 23.3. The van der Waals surface area contributed by atoms with Gasteiger partial charge in [0.25, 0.3) is 0 Å². The number of hydrogen-bond donors (Lipinski definition) is 0. The summed E-state index contributed by atoms with van der Waals surface area (Å²) < 4.78 is 4.90. The van der Waals surface area contributed by atoms with E-state index in [9.17, 15) is 0 Å². The molecule has 0 aliphatic rings. The summed E-state index contributed by atoms with van der Waals surface area (Å²) >= 11 is 1.88. The Balaban J connectivity index is 1.49. The first-order valence-electron chi connectivity index (χ1n) is 14.1. The molecular weight excluding hydrogens is 531 g/mol. The third-order valence-electron chi connectivity index (χ3n) is 8.20. The fourth-order valence-corrected chi connectivity index (χ4v) is 7.65. The summed E-state index contributed by atoms with van der Waals surface area (Å²) in [4.78, 5) is 10.5. The molecular formula is C38H23N3S. The lowest BCUT2D eigenvalue weighted by Crippen LogP contribution is -2.04. The molecule has 42 heavy (non-hydrogen) atoms. The van der Waals surface area contributed by atoms with Crippen molar-refractivity contribution in [3.63, 3.8) is 0 Å². The number of fused-ring (bicyclic) bond motifs is 10. The minimum atomic E-state index is 0.673. The fourth-order valence-electron chi connectivity index (χ4n) is 6.38. The van der Waals surface area contributed by atoms with Gasteiger partial charge in [-0.05, 0) is 23.6 Å². The van der Waals surface area contributed by atoms with Crippen molar-refractivity contribution in [1.29, 1.82) is 0 Å².